The van der Waals surface area contributed by atoms with Gasteiger partial charge < -0.3 is 9.80 Å². The van der Waals surface area contributed by atoms with Crippen LogP contribution in [0, 0.1) is 0 Å². The van der Waals surface area contributed by atoms with Crippen molar-refractivity contribution in [1.29, 1.82) is 0 Å². The Morgan fingerprint density at radius 1 is 1.23 bits per heavy atom. The molecular weight excluding hydrogens is 466 g/mol. The van der Waals surface area contributed by atoms with Gasteiger partial charge in [0.2, 0.25) is 15.9 Å². The van der Waals surface area contributed by atoms with Crippen LogP contribution in [0.1, 0.15) is 31.4 Å². The van der Waals surface area contributed by atoms with Gasteiger partial charge in [0, 0.05) is 42.8 Å². The summed E-state index contributed by atoms with van der Waals surface area (Å²) in [5.41, 5.74) is 3.87. The summed E-state index contributed by atoms with van der Waals surface area (Å²) in [7, 11) is -3.78. The van der Waals surface area contributed by atoms with E-state index in [2.05, 4.69) is 37.7 Å². The van der Waals surface area contributed by atoms with Crippen LogP contribution in [0.2, 0.25) is 0 Å². The number of hydrogen-bond acceptors (Lipinski definition) is 4. The number of fused-ring (bicyclic) bond motifs is 2. The van der Waals surface area contributed by atoms with Gasteiger partial charge >= 0.3 is 0 Å². The van der Waals surface area contributed by atoms with Crippen molar-refractivity contribution in [3.8, 4) is 0 Å². The number of rotatable bonds is 5. The van der Waals surface area contributed by atoms with Gasteiger partial charge in [0.05, 0.1) is 5.69 Å². The zero-order valence-electron chi connectivity index (χ0n) is 17.2. The first-order chi connectivity index (χ1) is 14.3. The van der Waals surface area contributed by atoms with E-state index in [0.29, 0.717) is 29.7 Å². The second kappa shape index (κ2) is 8.32. The summed E-state index contributed by atoms with van der Waals surface area (Å²) < 4.78 is 29.9. The van der Waals surface area contributed by atoms with Crippen LogP contribution in [0.25, 0.3) is 0 Å². The molecule has 0 radical (unpaired) electrons. The predicted octanol–water partition coefficient (Wildman–Crippen LogP) is 3.48. The Labute approximate surface area is 186 Å². The van der Waals surface area contributed by atoms with Crippen molar-refractivity contribution in [1.82, 2.24) is 4.72 Å². The van der Waals surface area contributed by atoms with Crippen molar-refractivity contribution in [2.75, 3.05) is 29.4 Å². The van der Waals surface area contributed by atoms with Crippen molar-refractivity contribution in [2.45, 2.75) is 44.0 Å². The number of carbonyl (C=O) groups excluding carboxylic acids is 1. The van der Waals surface area contributed by atoms with Gasteiger partial charge in [0.15, 0.2) is 0 Å². The molecule has 2 aromatic rings. The first-order valence-corrected chi connectivity index (χ1v) is 12.5. The normalized spacial score (nSPS) is 18.3. The van der Waals surface area contributed by atoms with Crippen LogP contribution >= 0.6 is 15.9 Å². The fourth-order valence-electron chi connectivity index (χ4n) is 4.60. The van der Waals surface area contributed by atoms with E-state index in [4.69, 9.17) is 0 Å². The highest BCUT2D eigenvalue weighted by atomic mass is 79.9. The van der Waals surface area contributed by atoms with Gasteiger partial charge in [0.1, 0.15) is 4.90 Å². The van der Waals surface area contributed by atoms with Gasteiger partial charge in [-0.25, -0.2) is 13.1 Å². The molecule has 0 unspecified atom stereocenters. The Bertz CT molecular complexity index is 1090. The van der Waals surface area contributed by atoms with Crippen molar-refractivity contribution < 1.29 is 13.2 Å². The van der Waals surface area contributed by atoms with E-state index < -0.39 is 10.0 Å². The van der Waals surface area contributed by atoms with Crippen LogP contribution < -0.4 is 14.5 Å². The Morgan fingerprint density at radius 2 is 2.00 bits per heavy atom. The third kappa shape index (κ3) is 4.00. The van der Waals surface area contributed by atoms with Gasteiger partial charge in [0.25, 0.3) is 0 Å². The molecule has 6 nitrogen and oxygen atoms in total. The first kappa shape index (κ1) is 21.3. The second-order valence-electron chi connectivity index (χ2n) is 7.97. The molecule has 0 bridgehead atoms. The highest BCUT2D eigenvalue weighted by Gasteiger charge is 2.35. The minimum absolute atomic E-state index is 0.0643. The summed E-state index contributed by atoms with van der Waals surface area (Å²) in [6.45, 7) is 5.23. The van der Waals surface area contributed by atoms with Crippen LogP contribution in [-0.2, 0) is 27.7 Å². The highest BCUT2D eigenvalue weighted by Crippen LogP contribution is 2.40. The van der Waals surface area contributed by atoms with Crippen LogP contribution in [0.3, 0.4) is 0 Å². The fraction of sp³-hybridized carbons (Fsp3) is 0.409. The summed E-state index contributed by atoms with van der Waals surface area (Å²) >= 11 is 3.43. The number of hydrogen-bond donors (Lipinski definition) is 1. The minimum Gasteiger partial charge on any atom is -0.370 e. The molecule has 160 valence electrons. The molecule has 1 atom stereocenters. The maximum absolute atomic E-state index is 13.2. The number of anilines is 2. The Balaban J connectivity index is 1.55. The maximum atomic E-state index is 13.2. The molecule has 0 saturated heterocycles. The van der Waals surface area contributed by atoms with E-state index >= 15 is 0 Å². The molecule has 30 heavy (non-hydrogen) atoms. The third-order valence-electron chi connectivity index (χ3n) is 5.82. The summed E-state index contributed by atoms with van der Waals surface area (Å²) in [4.78, 5) is 16.2. The van der Waals surface area contributed by atoms with Gasteiger partial charge in [-0.3, -0.25) is 4.79 Å². The molecule has 1 amide bonds. The van der Waals surface area contributed by atoms with Crippen molar-refractivity contribution >= 4 is 43.2 Å². The molecule has 0 saturated carbocycles. The standard InChI is InChI=1S/C22H26BrN3O3S/c1-15-12-18-13-19(23)14-21(22(18)26(15)16(2)27)30(28,29)24-9-11-25-10-5-7-17-6-3-4-8-20(17)25/h3-4,6,8,13-15,24H,5,7,9-12H2,1-2H3/t15-/m0/s1. The van der Waals surface area contributed by atoms with Gasteiger partial charge in [-0.2, -0.15) is 0 Å². The smallest absolute Gasteiger partial charge is 0.242 e. The number of aryl methyl sites for hydroxylation is 1. The molecule has 4 rings (SSSR count). The number of amides is 1. The number of nitrogens with one attached hydrogen (secondary N) is 1. The van der Waals surface area contributed by atoms with E-state index in [-0.39, 0.29) is 16.8 Å². The van der Waals surface area contributed by atoms with Crippen LogP contribution in [0.15, 0.2) is 45.8 Å². The quantitative estimate of drug-likeness (QED) is 0.694. The van der Waals surface area contributed by atoms with Crippen molar-refractivity contribution in [3.63, 3.8) is 0 Å². The highest BCUT2D eigenvalue weighted by molar-refractivity contribution is 9.10. The largest absolute Gasteiger partial charge is 0.370 e. The lowest BCUT2D eigenvalue weighted by Crippen LogP contribution is -2.38. The Kier molecular flexibility index (Phi) is 5.92. The molecular formula is C22H26BrN3O3S. The lowest BCUT2D eigenvalue weighted by atomic mass is 10.0. The molecule has 1 N–H and O–H groups in total. The van der Waals surface area contributed by atoms with E-state index in [0.717, 1.165) is 24.9 Å². The average molecular weight is 492 g/mol. The lowest BCUT2D eigenvalue weighted by molar-refractivity contribution is -0.116. The Morgan fingerprint density at radius 3 is 2.77 bits per heavy atom. The fourth-order valence-corrected chi connectivity index (χ4v) is 6.53. The molecule has 0 aromatic heterocycles. The van der Waals surface area contributed by atoms with E-state index in [9.17, 15) is 13.2 Å². The van der Waals surface area contributed by atoms with Crippen molar-refractivity contribution in [2.24, 2.45) is 0 Å². The first-order valence-electron chi connectivity index (χ1n) is 10.2. The van der Waals surface area contributed by atoms with E-state index in [1.807, 2.05) is 25.1 Å². The van der Waals surface area contributed by atoms with E-state index in [1.54, 1.807) is 11.0 Å². The molecule has 0 spiro atoms. The third-order valence-corrected chi connectivity index (χ3v) is 7.76. The number of halogens is 1. The molecule has 2 aromatic carbocycles. The number of sulfonamides is 1. The maximum Gasteiger partial charge on any atom is 0.242 e. The SMILES string of the molecule is CC(=O)N1c2c(cc(Br)cc2S(=O)(=O)NCCN2CCCc3ccccc32)C[C@@H]1C. The summed E-state index contributed by atoms with van der Waals surface area (Å²) in [6.07, 6.45) is 2.76. The number of nitrogens with zero attached hydrogens (tertiary/aromatic N) is 2. The molecule has 8 heteroatoms. The van der Waals surface area contributed by atoms with E-state index in [1.165, 1.54) is 18.2 Å². The van der Waals surface area contributed by atoms with Gasteiger partial charge in [-0.05, 0) is 55.5 Å². The lowest BCUT2D eigenvalue weighted by Gasteiger charge is -2.31. The van der Waals surface area contributed by atoms with Crippen LogP contribution in [-0.4, -0.2) is 40.0 Å². The number of carbonyl (C=O) groups is 1. The zero-order chi connectivity index (χ0) is 21.5. The predicted molar refractivity (Wildman–Crippen MR) is 123 cm³/mol. The van der Waals surface area contributed by atoms with Crippen LogP contribution in [0.5, 0.6) is 0 Å². The molecule has 2 aliphatic heterocycles. The molecule has 0 aliphatic carbocycles. The molecule has 2 aliphatic rings. The monoisotopic (exact) mass is 491 g/mol. The number of para-hydroxylation sites is 1. The topological polar surface area (TPSA) is 69.7 Å². The average Bonchev–Trinajstić information content (AvgIpc) is 3.03. The zero-order valence-corrected chi connectivity index (χ0v) is 19.6. The summed E-state index contributed by atoms with van der Waals surface area (Å²) in [5.74, 6) is -0.148. The summed E-state index contributed by atoms with van der Waals surface area (Å²) in [6, 6.07) is 11.7. The molecule has 2 heterocycles. The number of benzene rings is 2. The van der Waals surface area contributed by atoms with Crippen LogP contribution in [0.4, 0.5) is 11.4 Å². The summed E-state index contributed by atoms with van der Waals surface area (Å²) in [5, 5.41) is 0. The Hall–Kier alpha value is -1.90. The minimum atomic E-state index is -3.78. The second-order valence-corrected chi connectivity index (χ2v) is 10.6. The van der Waals surface area contributed by atoms with Gasteiger partial charge in [-0.15, -0.1) is 0 Å². The molecule has 0 fully saturated rings. The van der Waals surface area contributed by atoms with Crippen molar-refractivity contribution in [3.05, 3.63) is 52.0 Å². The van der Waals surface area contributed by atoms with Gasteiger partial charge in [-0.1, -0.05) is 34.1 Å².